The van der Waals surface area contributed by atoms with Crippen LogP contribution in [-0.4, -0.2) is 42.2 Å². The molecule has 0 aromatic carbocycles. The molecule has 2 rings (SSSR count). The number of piperidine rings is 1. The Morgan fingerprint density at radius 3 is 3.00 bits per heavy atom. The smallest absolute Gasteiger partial charge is 0.129 e. The molecule has 2 atom stereocenters. The lowest BCUT2D eigenvalue weighted by Gasteiger charge is -2.38. The number of nitrogens with two attached hydrogens (primary N) is 1. The lowest BCUT2D eigenvalue weighted by molar-refractivity contribution is 0.0102. The van der Waals surface area contributed by atoms with E-state index in [4.69, 9.17) is 22.1 Å². The van der Waals surface area contributed by atoms with Crippen LogP contribution >= 0.6 is 11.6 Å². The van der Waals surface area contributed by atoms with Gasteiger partial charge in [0, 0.05) is 39.0 Å². The Morgan fingerprint density at radius 1 is 1.56 bits per heavy atom. The zero-order valence-electron chi connectivity index (χ0n) is 10.7. The highest BCUT2D eigenvalue weighted by molar-refractivity contribution is 6.29. The van der Waals surface area contributed by atoms with E-state index in [0.29, 0.717) is 23.8 Å². The molecule has 1 saturated heterocycles. The van der Waals surface area contributed by atoms with E-state index >= 15 is 0 Å². The number of ether oxygens (including phenoxy) is 1. The van der Waals surface area contributed by atoms with Crippen molar-refractivity contribution in [1.82, 2.24) is 9.88 Å². The molecule has 0 radical (unpaired) electrons. The first-order valence-corrected chi connectivity index (χ1v) is 6.68. The summed E-state index contributed by atoms with van der Waals surface area (Å²) in [5, 5.41) is 0.534. The van der Waals surface area contributed by atoms with Crippen molar-refractivity contribution in [3.63, 3.8) is 0 Å². The molecule has 2 heterocycles. The molecule has 0 bridgehead atoms. The zero-order valence-corrected chi connectivity index (χ0v) is 11.4. The molecular weight excluding hydrogens is 250 g/mol. The minimum absolute atomic E-state index is 0.346. The first-order chi connectivity index (χ1) is 8.72. The maximum Gasteiger partial charge on any atom is 0.129 e. The lowest BCUT2D eigenvalue weighted by atomic mass is 9.98. The van der Waals surface area contributed by atoms with Gasteiger partial charge < -0.3 is 10.5 Å². The van der Waals surface area contributed by atoms with Crippen molar-refractivity contribution < 1.29 is 4.74 Å². The van der Waals surface area contributed by atoms with Crippen molar-refractivity contribution in [2.45, 2.75) is 31.5 Å². The monoisotopic (exact) mass is 269 g/mol. The van der Waals surface area contributed by atoms with Gasteiger partial charge in [-0.25, -0.2) is 4.98 Å². The average molecular weight is 270 g/mol. The quantitative estimate of drug-likeness (QED) is 0.845. The number of methoxy groups -OCH3 is 1. The minimum atomic E-state index is 0.346. The summed E-state index contributed by atoms with van der Waals surface area (Å²) in [5.74, 6) is 0. The van der Waals surface area contributed by atoms with Gasteiger partial charge in [0.2, 0.25) is 0 Å². The summed E-state index contributed by atoms with van der Waals surface area (Å²) in [4.78, 5) is 6.51. The fourth-order valence-electron chi connectivity index (χ4n) is 2.46. The Morgan fingerprint density at radius 2 is 2.39 bits per heavy atom. The second kappa shape index (κ2) is 6.48. The molecular formula is C13H20ClN3O. The summed E-state index contributed by atoms with van der Waals surface area (Å²) in [7, 11) is 1.77. The van der Waals surface area contributed by atoms with Crippen LogP contribution in [0.3, 0.4) is 0 Å². The third kappa shape index (κ3) is 3.42. The molecule has 18 heavy (non-hydrogen) atoms. The number of nitrogens with zero attached hydrogens (tertiary/aromatic N) is 2. The summed E-state index contributed by atoms with van der Waals surface area (Å²) in [6.45, 7) is 2.56. The Labute approximate surface area is 113 Å². The fraction of sp³-hybridized carbons (Fsp3) is 0.615. The van der Waals surface area contributed by atoms with Crippen LogP contribution in [-0.2, 0) is 11.3 Å². The van der Waals surface area contributed by atoms with Gasteiger partial charge in [-0.05, 0) is 24.5 Å². The first kappa shape index (κ1) is 13.7. The standard InChI is InChI=1S/C13H20ClN3O/c1-18-12-4-5-17(11(6-12)7-15)9-10-2-3-13(14)16-8-10/h2-3,8,11-12H,4-7,9,15H2,1H3. The maximum atomic E-state index is 5.85. The molecule has 4 nitrogen and oxygen atoms in total. The van der Waals surface area contributed by atoms with Gasteiger partial charge in [-0.3, -0.25) is 4.90 Å². The van der Waals surface area contributed by atoms with Crippen molar-refractivity contribution >= 4 is 11.6 Å². The minimum Gasteiger partial charge on any atom is -0.381 e. The first-order valence-electron chi connectivity index (χ1n) is 6.30. The summed E-state index contributed by atoms with van der Waals surface area (Å²) in [6.07, 6.45) is 4.25. The van der Waals surface area contributed by atoms with E-state index in [9.17, 15) is 0 Å². The predicted octanol–water partition coefficient (Wildman–Crippen LogP) is 1.67. The number of hydrogen-bond acceptors (Lipinski definition) is 4. The zero-order chi connectivity index (χ0) is 13.0. The number of aromatic nitrogens is 1. The topological polar surface area (TPSA) is 51.4 Å². The predicted molar refractivity (Wildman–Crippen MR) is 72.5 cm³/mol. The van der Waals surface area contributed by atoms with Gasteiger partial charge >= 0.3 is 0 Å². The van der Waals surface area contributed by atoms with Crippen molar-refractivity contribution in [3.8, 4) is 0 Å². The summed E-state index contributed by atoms with van der Waals surface area (Å²) in [5.41, 5.74) is 7.03. The number of likely N-dealkylation sites (tertiary alicyclic amines) is 1. The molecule has 5 heteroatoms. The largest absolute Gasteiger partial charge is 0.381 e. The highest BCUT2D eigenvalue weighted by Gasteiger charge is 2.27. The number of rotatable bonds is 4. The summed E-state index contributed by atoms with van der Waals surface area (Å²) in [6, 6.07) is 4.24. The lowest BCUT2D eigenvalue weighted by Crippen LogP contribution is -2.47. The Hall–Kier alpha value is -0.680. The van der Waals surface area contributed by atoms with Gasteiger partial charge in [0.05, 0.1) is 6.10 Å². The van der Waals surface area contributed by atoms with Crippen LogP contribution < -0.4 is 5.73 Å². The fourth-order valence-corrected chi connectivity index (χ4v) is 2.58. The molecule has 2 N–H and O–H groups in total. The average Bonchev–Trinajstić information content (AvgIpc) is 2.41. The highest BCUT2D eigenvalue weighted by atomic mass is 35.5. The highest BCUT2D eigenvalue weighted by Crippen LogP contribution is 2.21. The third-order valence-corrected chi connectivity index (χ3v) is 3.79. The molecule has 1 aliphatic rings. The van der Waals surface area contributed by atoms with Crippen LogP contribution in [0.2, 0.25) is 5.15 Å². The van der Waals surface area contributed by atoms with E-state index in [1.54, 1.807) is 7.11 Å². The van der Waals surface area contributed by atoms with Crippen LogP contribution in [0.5, 0.6) is 0 Å². The Kier molecular flexibility index (Phi) is 4.95. The van der Waals surface area contributed by atoms with Crippen molar-refractivity contribution in [2.24, 2.45) is 5.73 Å². The molecule has 100 valence electrons. The summed E-state index contributed by atoms with van der Waals surface area (Å²) < 4.78 is 5.43. The van der Waals surface area contributed by atoms with Gasteiger partial charge in [0.1, 0.15) is 5.15 Å². The second-order valence-electron chi connectivity index (χ2n) is 4.73. The van der Waals surface area contributed by atoms with Crippen LogP contribution in [0.15, 0.2) is 18.3 Å². The van der Waals surface area contributed by atoms with Crippen molar-refractivity contribution in [1.29, 1.82) is 0 Å². The molecule has 0 saturated carbocycles. The van der Waals surface area contributed by atoms with E-state index < -0.39 is 0 Å². The summed E-state index contributed by atoms with van der Waals surface area (Å²) >= 11 is 5.79. The number of halogens is 1. The maximum absolute atomic E-state index is 5.85. The molecule has 0 spiro atoms. The van der Waals surface area contributed by atoms with Gasteiger partial charge in [0.15, 0.2) is 0 Å². The molecule has 1 aromatic rings. The van der Waals surface area contributed by atoms with Crippen molar-refractivity contribution in [2.75, 3.05) is 20.2 Å². The molecule has 0 aliphatic carbocycles. The third-order valence-electron chi connectivity index (χ3n) is 3.57. The van der Waals surface area contributed by atoms with Gasteiger partial charge in [-0.2, -0.15) is 0 Å². The molecule has 1 aliphatic heterocycles. The van der Waals surface area contributed by atoms with Crippen LogP contribution in [0.1, 0.15) is 18.4 Å². The van der Waals surface area contributed by atoms with Gasteiger partial charge in [-0.15, -0.1) is 0 Å². The van der Waals surface area contributed by atoms with Crippen LogP contribution in [0.25, 0.3) is 0 Å². The van der Waals surface area contributed by atoms with Gasteiger partial charge in [-0.1, -0.05) is 17.7 Å². The van der Waals surface area contributed by atoms with E-state index in [0.717, 1.165) is 25.9 Å². The SMILES string of the molecule is COC1CCN(Cc2ccc(Cl)nc2)C(CN)C1. The van der Waals surface area contributed by atoms with Gasteiger partial charge in [0.25, 0.3) is 0 Å². The van der Waals surface area contributed by atoms with Crippen molar-refractivity contribution in [3.05, 3.63) is 29.0 Å². The van der Waals surface area contributed by atoms with E-state index in [-0.39, 0.29) is 0 Å². The normalized spacial score (nSPS) is 25.3. The number of pyridine rings is 1. The molecule has 2 unspecified atom stereocenters. The molecule has 0 amide bonds. The molecule has 1 fully saturated rings. The van der Waals surface area contributed by atoms with Crippen LogP contribution in [0, 0.1) is 0 Å². The second-order valence-corrected chi connectivity index (χ2v) is 5.12. The van der Waals surface area contributed by atoms with E-state index in [2.05, 4.69) is 9.88 Å². The molecule has 1 aromatic heterocycles. The van der Waals surface area contributed by atoms with E-state index in [1.165, 1.54) is 5.56 Å². The van der Waals surface area contributed by atoms with E-state index in [1.807, 2.05) is 18.3 Å². The Balaban J connectivity index is 1.97. The number of hydrogen-bond donors (Lipinski definition) is 1. The Bertz CT molecular complexity index is 371. The van der Waals surface area contributed by atoms with Crippen LogP contribution in [0.4, 0.5) is 0 Å².